The molecular formula is C35H35ClN2O4. The maximum Gasteiger partial charge on any atom is 0.161 e. The first-order valence-corrected chi connectivity index (χ1v) is 14.6. The summed E-state index contributed by atoms with van der Waals surface area (Å²) in [7, 11) is 0. The van der Waals surface area contributed by atoms with E-state index in [2.05, 4.69) is 50.4 Å². The van der Waals surface area contributed by atoms with Crippen molar-refractivity contribution in [3.8, 4) is 40.2 Å². The number of fused-ring (bicyclic) bond motifs is 1. The van der Waals surface area contributed by atoms with Gasteiger partial charge in [-0.2, -0.15) is 5.26 Å². The molecule has 0 amide bonds. The van der Waals surface area contributed by atoms with E-state index in [0.29, 0.717) is 61.1 Å². The van der Waals surface area contributed by atoms with Gasteiger partial charge in [-0.15, -0.1) is 0 Å². The van der Waals surface area contributed by atoms with Crippen LogP contribution >= 0.6 is 11.6 Å². The lowest BCUT2D eigenvalue weighted by Crippen LogP contribution is -2.24. The number of nitrogens with zero attached hydrogens (tertiary/aromatic N) is 1. The van der Waals surface area contributed by atoms with Gasteiger partial charge in [-0.3, -0.25) is 0 Å². The summed E-state index contributed by atoms with van der Waals surface area (Å²) in [6, 6.07) is 26.0. The Kier molecular flexibility index (Phi) is 9.53. The molecule has 0 aromatic heterocycles. The van der Waals surface area contributed by atoms with Crippen LogP contribution in [0.1, 0.15) is 48.1 Å². The van der Waals surface area contributed by atoms with Gasteiger partial charge in [0.05, 0.1) is 16.7 Å². The van der Waals surface area contributed by atoms with Gasteiger partial charge in [0.2, 0.25) is 0 Å². The predicted octanol–water partition coefficient (Wildman–Crippen LogP) is 8.00. The number of hydrogen-bond acceptors (Lipinski definition) is 6. The molecular weight excluding hydrogens is 548 g/mol. The molecule has 7 heteroatoms. The Balaban J connectivity index is 1.36. The van der Waals surface area contributed by atoms with Crippen molar-refractivity contribution in [1.29, 1.82) is 5.26 Å². The van der Waals surface area contributed by atoms with Crippen molar-refractivity contribution < 1.29 is 18.9 Å². The molecule has 1 N–H and O–H groups in total. The number of rotatable bonds is 11. The van der Waals surface area contributed by atoms with Crippen LogP contribution in [0, 0.1) is 18.3 Å². The normalized spacial score (nSPS) is 12.8. The van der Waals surface area contributed by atoms with Gasteiger partial charge in [-0.05, 0) is 78.4 Å². The molecule has 0 saturated carbocycles. The van der Waals surface area contributed by atoms with E-state index in [1.807, 2.05) is 48.5 Å². The summed E-state index contributed by atoms with van der Waals surface area (Å²) < 4.78 is 24.1. The highest BCUT2D eigenvalue weighted by molar-refractivity contribution is 6.32. The maximum absolute atomic E-state index is 9.26. The summed E-state index contributed by atoms with van der Waals surface area (Å²) >= 11 is 6.74. The van der Waals surface area contributed by atoms with Gasteiger partial charge in [0.25, 0.3) is 0 Å². The van der Waals surface area contributed by atoms with Gasteiger partial charge in [0.15, 0.2) is 11.5 Å². The Morgan fingerprint density at radius 1 is 0.905 bits per heavy atom. The first-order chi connectivity index (χ1) is 20.4. The largest absolute Gasteiger partial charge is 0.488 e. The lowest BCUT2D eigenvalue weighted by atomic mass is 9.96. The predicted molar refractivity (Wildman–Crippen MR) is 165 cm³/mol. The molecule has 4 aromatic carbocycles. The van der Waals surface area contributed by atoms with Crippen LogP contribution in [0.4, 0.5) is 0 Å². The van der Waals surface area contributed by atoms with E-state index in [0.717, 1.165) is 51.3 Å². The molecule has 1 aliphatic heterocycles. The summed E-state index contributed by atoms with van der Waals surface area (Å²) in [5, 5.41) is 13.3. The zero-order valence-corrected chi connectivity index (χ0v) is 25.0. The third-order valence-corrected chi connectivity index (χ3v) is 7.80. The monoisotopic (exact) mass is 582 g/mol. The Labute approximate surface area is 252 Å². The highest BCUT2D eigenvalue weighted by Gasteiger charge is 2.16. The van der Waals surface area contributed by atoms with Gasteiger partial charge >= 0.3 is 0 Å². The molecule has 0 bridgehead atoms. The van der Waals surface area contributed by atoms with Crippen LogP contribution in [0.15, 0.2) is 72.8 Å². The van der Waals surface area contributed by atoms with Crippen LogP contribution < -0.4 is 24.3 Å². The molecule has 0 aliphatic carbocycles. The fourth-order valence-electron chi connectivity index (χ4n) is 4.80. The summed E-state index contributed by atoms with van der Waals surface area (Å²) in [6.07, 6.45) is 1.01. The number of hydrogen-bond donors (Lipinski definition) is 1. The van der Waals surface area contributed by atoms with Crippen molar-refractivity contribution in [3.05, 3.63) is 106 Å². The van der Waals surface area contributed by atoms with E-state index in [1.165, 1.54) is 0 Å². The third-order valence-electron chi connectivity index (χ3n) is 7.50. The van der Waals surface area contributed by atoms with Crippen molar-refractivity contribution in [2.75, 3.05) is 13.2 Å². The molecule has 42 heavy (non-hydrogen) atoms. The molecule has 0 radical (unpaired) electrons. The number of nitriles is 1. The molecule has 6 nitrogen and oxygen atoms in total. The van der Waals surface area contributed by atoms with Crippen LogP contribution in [-0.2, 0) is 19.8 Å². The van der Waals surface area contributed by atoms with E-state index in [9.17, 15) is 5.26 Å². The second-order valence-electron chi connectivity index (χ2n) is 10.4. The molecule has 1 atom stereocenters. The number of halogens is 1. The Hall–Kier alpha value is -4.18. The van der Waals surface area contributed by atoms with Crippen molar-refractivity contribution in [2.45, 2.75) is 53.0 Å². The fraction of sp³-hybridized carbons (Fsp3) is 0.286. The molecule has 4 aromatic rings. The standard InChI is InChI=1S/C35H35ClN2O4/c1-4-23(2)38-20-29-16-31(36)34(18-33(29)41-21-26-8-5-7-25(15-26)19-37)42-22-28-9-6-10-30(24(28)3)27-11-12-32-35(17-27)40-14-13-39-32/h5-12,15-18,23,38H,4,13-14,20-22H2,1-3H3. The van der Waals surface area contributed by atoms with E-state index in [-0.39, 0.29) is 0 Å². The molecule has 0 spiro atoms. The molecule has 216 valence electrons. The Bertz CT molecular complexity index is 1600. The molecule has 0 saturated heterocycles. The van der Waals surface area contributed by atoms with Gasteiger partial charge < -0.3 is 24.3 Å². The summed E-state index contributed by atoms with van der Waals surface area (Å²) in [6.45, 7) is 8.78. The van der Waals surface area contributed by atoms with Crippen LogP contribution in [0.25, 0.3) is 11.1 Å². The lowest BCUT2D eigenvalue weighted by Gasteiger charge is -2.20. The molecule has 5 rings (SSSR count). The van der Waals surface area contributed by atoms with Gasteiger partial charge in [-0.25, -0.2) is 0 Å². The van der Waals surface area contributed by atoms with Crippen LogP contribution in [0.2, 0.25) is 5.02 Å². The second kappa shape index (κ2) is 13.7. The summed E-state index contributed by atoms with van der Waals surface area (Å²) in [5.74, 6) is 2.78. The lowest BCUT2D eigenvalue weighted by molar-refractivity contribution is 0.171. The molecule has 1 aliphatic rings. The topological polar surface area (TPSA) is 72.7 Å². The number of ether oxygens (including phenoxy) is 4. The zero-order valence-electron chi connectivity index (χ0n) is 24.2. The van der Waals surface area contributed by atoms with Gasteiger partial charge in [0, 0.05) is 24.2 Å². The van der Waals surface area contributed by atoms with E-state index in [1.54, 1.807) is 6.07 Å². The first-order valence-electron chi connectivity index (χ1n) is 14.2. The minimum Gasteiger partial charge on any atom is -0.488 e. The van der Waals surface area contributed by atoms with Crippen molar-refractivity contribution in [2.24, 2.45) is 0 Å². The minimum absolute atomic E-state index is 0.323. The van der Waals surface area contributed by atoms with Gasteiger partial charge in [0.1, 0.15) is 37.9 Å². The van der Waals surface area contributed by atoms with E-state index in [4.69, 9.17) is 30.5 Å². The average Bonchev–Trinajstić information content (AvgIpc) is 3.02. The summed E-state index contributed by atoms with van der Waals surface area (Å²) in [5.41, 5.74) is 6.80. The van der Waals surface area contributed by atoms with Gasteiger partial charge in [-0.1, -0.05) is 54.9 Å². The first kappa shape index (κ1) is 29.3. The highest BCUT2D eigenvalue weighted by atomic mass is 35.5. The number of benzene rings is 4. The van der Waals surface area contributed by atoms with Crippen molar-refractivity contribution in [1.82, 2.24) is 5.32 Å². The molecule has 0 fully saturated rings. The second-order valence-corrected chi connectivity index (χ2v) is 10.8. The fourth-order valence-corrected chi connectivity index (χ4v) is 5.04. The van der Waals surface area contributed by atoms with E-state index < -0.39 is 0 Å². The van der Waals surface area contributed by atoms with Crippen LogP contribution in [0.5, 0.6) is 23.0 Å². The van der Waals surface area contributed by atoms with Crippen LogP contribution in [-0.4, -0.2) is 19.3 Å². The minimum atomic E-state index is 0.323. The quantitative estimate of drug-likeness (QED) is 0.193. The number of nitrogens with one attached hydrogen (secondary N) is 1. The van der Waals surface area contributed by atoms with E-state index >= 15 is 0 Å². The smallest absolute Gasteiger partial charge is 0.161 e. The van der Waals surface area contributed by atoms with Crippen molar-refractivity contribution in [3.63, 3.8) is 0 Å². The molecule has 1 unspecified atom stereocenters. The SMILES string of the molecule is CCC(C)NCc1cc(Cl)c(OCc2cccc(-c3ccc4c(c3)OCCO4)c2C)cc1OCc1cccc(C#N)c1. The zero-order chi connectivity index (χ0) is 29.5. The average molecular weight is 583 g/mol. The Morgan fingerprint density at radius 2 is 1.69 bits per heavy atom. The summed E-state index contributed by atoms with van der Waals surface area (Å²) in [4.78, 5) is 0. The highest BCUT2D eigenvalue weighted by Crippen LogP contribution is 2.37. The van der Waals surface area contributed by atoms with Crippen molar-refractivity contribution >= 4 is 11.6 Å². The maximum atomic E-state index is 9.26. The Morgan fingerprint density at radius 3 is 2.50 bits per heavy atom. The van der Waals surface area contributed by atoms with Crippen LogP contribution in [0.3, 0.4) is 0 Å². The third kappa shape index (κ3) is 6.99. The molecule has 1 heterocycles.